The fourth-order valence-electron chi connectivity index (χ4n) is 3.45. The number of thioether (sulfide) groups is 1. The van der Waals surface area contributed by atoms with E-state index in [4.69, 9.17) is 4.74 Å². The second-order valence-corrected chi connectivity index (χ2v) is 8.40. The van der Waals surface area contributed by atoms with Crippen LogP contribution in [0.5, 0.6) is 0 Å². The third-order valence-electron chi connectivity index (χ3n) is 4.81. The second kappa shape index (κ2) is 8.10. The van der Waals surface area contributed by atoms with Crippen molar-refractivity contribution >= 4 is 33.6 Å². The molecule has 1 aromatic carbocycles. The Bertz CT molecular complexity index is 711. The van der Waals surface area contributed by atoms with Gasteiger partial charge in [0.2, 0.25) is 5.95 Å². The molecule has 0 spiro atoms. The lowest BCUT2D eigenvalue weighted by atomic mass is 10.2. The molecular formula is C18H23BrN4OS. The Labute approximate surface area is 161 Å². The Morgan fingerprint density at radius 1 is 1.16 bits per heavy atom. The number of halogens is 1. The van der Waals surface area contributed by atoms with Crippen LogP contribution in [0.3, 0.4) is 0 Å². The van der Waals surface area contributed by atoms with E-state index < -0.39 is 0 Å². The van der Waals surface area contributed by atoms with Gasteiger partial charge in [-0.3, -0.25) is 4.57 Å². The average molecular weight is 423 g/mol. The predicted octanol–water partition coefficient (Wildman–Crippen LogP) is 4.11. The molecule has 0 aliphatic carbocycles. The Balaban J connectivity index is 1.54. The molecular weight excluding hydrogens is 400 g/mol. The summed E-state index contributed by atoms with van der Waals surface area (Å²) in [7, 11) is 0. The highest BCUT2D eigenvalue weighted by Gasteiger charge is 2.25. The standard InChI is InChI=1S/C18H23BrN4OS/c19-16-8-2-1-6-14(16)13-25-18-21-20-17(22-9-3-4-10-22)23(18)12-15-7-5-11-24-15/h1-2,6,8,15H,3-5,7,9-13H2/t15-/m0/s1. The maximum atomic E-state index is 5.87. The number of benzene rings is 1. The summed E-state index contributed by atoms with van der Waals surface area (Å²) in [5.74, 6) is 1.90. The van der Waals surface area contributed by atoms with Gasteiger partial charge in [-0.1, -0.05) is 45.9 Å². The van der Waals surface area contributed by atoms with Gasteiger partial charge < -0.3 is 9.64 Å². The van der Waals surface area contributed by atoms with Gasteiger partial charge in [0.25, 0.3) is 0 Å². The molecule has 0 unspecified atom stereocenters. The van der Waals surface area contributed by atoms with E-state index in [1.807, 2.05) is 6.07 Å². The van der Waals surface area contributed by atoms with E-state index in [0.29, 0.717) is 6.10 Å². The zero-order chi connectivity index (χ0) is 17.1. The number of nitrogens with zero attached hydrogens (tertiary/aromatic N) is 4. The summed E-state index contributed by atoms with van der Waals surface area (Å²) in [5, 5.41) is 10.0. The lowest BCUT2D eigenvalue weighted by Crippen LogP contribution is -2.25. The van der Waals surface area contributed by atoms with Crippen LogP contribution in [0, 0.1) is 0 Å². The molecule has 0 radical (unpaired) electrons. The van der Waals surface area contributed by atoms with Crippen molar-refractivity contribution in [3.05, 3.63) is 34.3 Å². The van der Waals surface area contributed by atoms with Gasteiger partial charge in [0.05, 0.1) is 12.6 Å². The number of hydrogen-bond acceptors (Lipinski definition) is 5. The fourth-order valence-corrected chi connectivity index (χ4v) is 5.01. The minimum atomic E-state index is 0.292. The van der Waals surface area contributed by atoms with Crippen LogP contribution in [-0.2, 0) is 17.0 Å². The molecule has 0 amide bonds. The maximum absolute atomic E-state index is 5.87. The van der Waals surface area contributed by atoms with Crippen molar-refractivity contribution in [1.82, 2.24) is 14.8 Å². The molecule has 4 rings (SSSR count). The average Bonchev–Trinajstić information content (AvgIpc) is 3.37. The molecule has 2 aliphatic rings. The number of rotatable bonds is 6. The number of aromatic nitrogens is 3. The van der Waals surface area contributed by atoms with Crippen molar-refractivity contribution in [2.45, 2.75) is 49.2 Å². The third-order valence-corrected chi connectivity index (χ3v) is 6.60. The van der Waals surface area contributed by atoms with E-state index in [-0.39, 0.29) is 0 Å². The lowest BCUT2D eigenvalue weighted by Gasteiger charge is -2.20. The van der Waals surface area contributed by atoms with E-state index in [0.717, 1.165) is 60.4 Å². The molecule has 7 heteroatoms. The van der Waals surface area contributed by atoms with Crippen LogP contribution in [0.4, 0.5) is 5.95 Å². The Morgan fingerprint density at radius 3 is 2.76 bits per heavy atom. The molecule has 134 valence electrons. The highest BCUT2D eigenvalue weighted by Crippen LogP contribution is 2.30. The van der Waals surface area contributed by atoms with Crippen molar-refractivity contribution in [2.24, 2.45) is 0 Å². The first-order valence-electron chi connectivity index (χ1n) is 8.97. The highest BCUT2D eigenvalue weighted by molar-refractivity contribution is 9.10. The normalized spacial score (nSPS) is 20.5. The van der Waals surface area contributed by atoms with E-state index in [2.05, 4.69) is 53.8 Å². The molecule has 2 aliphatic heterocycles. The number of anilines is 1. The quantitative estimate of drug-likeness (QED) is 0.655. The summed E-state index contributed by atoms with van der Waals surface area (Å²) in [6, 6.07) is 8.36. The van der Waals surface area contributed by atoms with Gasteiger partial charge in [-0.2, -0.15) is 0 Å². The van der Waals surface area contributed by atoms with Crippen LogP contribution in [-0.4, -0.2) is 40.6 Å². The van der Waals surface area contributed by atoms with Crippen molar-refractivity contribution in [2.75, 3.05) is 24.6 Å². The van der Waals surface area contributed by atoms with Crippen molar-refractivity contribution in [1.29, 1.82) is 0 Å². The molecule has 1 atom stereocenters. The fraction of sp³-hybridized carbons (Fsp3) is 0.556. The van der Waals surface area contributed by atoms with Crippen LogP contribution < -0.4 is 4.90 Å². The van der Waals surface area contributed by atoms with Gasteiger partial charge in [0.15, 0.2) is 5.16 Å². The summed E-state index contributed by atoms with van der Waals surface area (Å²) >= 11 is 5.39. The first-order valence-corrected chi connectivity index (χ1v) is 10.7. The SMILES string of the molecule is Brc1ccccc1CSc1nnc(N2CCCC2)n1C[C@@H]1CCCO1. The largest absolute Gasteiger partial charge is 0.376 e. The monoisotopic (exact) mass is 422 g/mol. The van der Waals surface area contributed by atoms with Gasteiger partial charge in [-0.05, 0) is 37.3 Å². The molecule has 0 bridgehead atoms. The number of hydrogen-bond donors (Lipinski definition) is 0. The zero-order valence-corrected chi connectivity index (χ0v) is 16.6. The molecule has 2 aromatic rings. The number of ether oxygens (including phenoxy) is 1. The summed E-state index contributed by atoms with van der Waals surface area (Å²) < 4.78 is 9.30. The molecule has 2 fully saturated rings. The predicted molar refractivity (Wildman–Crippen MR) is 104 cm³/mol. The van der Waals surface area contributed by atoms with Crippen LogP contribution in [0.25, 0.3) is 0 Å². The van der Waals surface area contributed by atoms with Crippen LogP contribution >= 0.6 is 27.7 Å². The minimum absolute atomic E-state index is 0.292. The Kier molecular flexibility index (Phi) is 5.63. The topological polar surface area (TPSA) is 43.2 Å². The van der Waals surface area contributed by atoms with Gasteiger partial charge in [-0.25, -0.2) is 0 Å². The van der Waals surface area contributed by atoms with E-state index in [1.165, 1.54) is 18.4 Å². The molecule has 2 saturated heterocycles. The second-order valence-electron chi connectivity index (χ2n) is 6.60. The summed E-state index contributed by atoms with van der Waals surface area (Å²) in [4.78, 5) is 2.37. The minimum Gasteiger partial charge on any atom is -0.376 e. The van der Waals surface area contributed by atoms with Crippen LogP contribution in [0.1, 0.15) is 31.2 Å². The molecule has 0 N–H and O–H groups in total. The van der Waals surface area contributed by atoms with E-state index in [1.54, 1.807) is 11.8 Å². The van der Waals surface area contributed by atoms with Gasteiger partial charge in [0, 0.05) is 29.9 Å². The molecule has 0 saturated carbocycles. The maximum Gasteiger partial charge on any atom is 0.228 e. The van der Waals surface area contributed by atoms with Gasteiger partial charge in [-0.15, -0.1) is 10.2 Å². The van der Waals surface area contributed by atoms with Gasteiger partial charge in [0.1, 0.15) is 0 Å². The molecule has 5 nitrogen and oxygen atoms in total. The third kappa shape index (κ3) is 4.04. The van der Waals surface area contributed by atoms with Gasteiger partial charge >= 0.3 is 0 Å². The zero-order valence-electron chi connectivity index (χ0n) is 14.2. The highest BCUT2D eigenvalue weighted by atomic mass is 79.9. The van der Waals surface area contributed by atoms with Crippen LogP contribution in [0.2, 0.25) is 0 Å². The summed E-state index contributed by atoms with van der Waals surface area (Å²) in [6.45, 7) is 3.90. The van der Waals surface area contributed by atoms with Crippen molar-refractivity contribution in [3.63, 3.8) is 0 Å². The first-order chi connectivity index (χ1) is 12.3. The van der Waals surface area contributed by atoms with E-state index >= 15 is 0 Å². The molecule has 1 aromatic heterocycles. The summed E-state index contributed by atoms with van der Waals surface area (Å²) in [6.07, 6.45) is 5.07. The first kappa shape index (κ1) is 17.4. The van der Waals surface area contributed by atoms with E-state index in [9.17, 15) is 0 Å². The smallest absolute Gasteiger partial charge is 0.228 e. The van der Waals surface area contributed by atoms with Crippen molar-refractivity contribution < 1.29 is 4.74 Å². The lowest BCUT2D eigenvalue weighted by molar-refractivity contribution is 0.0952. The molecule has 3 heterocycles. The van der Waals surface area contributed by atoms with Crippen LogP contribution in [0.15, 0.2) is 33.9 Å². The summed E-state index contributed by atoms with van der Waals surface area (Å²) in [5.41, 5.74) is 1.28. The van der Waals surface area contributed by atoms with Crippen molar-refractivity contribution in [3.8, 4) is 0 Å². The Morgan fingerprint density at radius 2 is 2.00 bits per heavy atom. The Hall–Kier alpha value is -1.05. The molecule has 25 heavy (non-hydrogen) atoms.